The first-order valence-corrected chi connectivity index (χ1v) is 6.29. The molecule has 0 aliphatic carbocycles. The highest BCUT2D eigenvalue weighted by molar-refractivity contribution is 5.89. The lowest BCUT2D eigenvalue weighted by Crippen LogP contribution is -2.57. The third-order valence-electron chi connectivity index (χ3n) is 2.23. The van der Waals surface area contributed by atoms with Gasteiger partial charge in [-0.1, -0.05) is 0 Å². The summed E-state index contributed by atoms with van der Waals surface area (Å²) in [6.45, 7) is 5.29. The summed E-state index contributed by atoms with van der Waals surface area (Å²) < 4.78 is 4.94. The zero-order valence-corrected chi connectivity index (χ0v) is 12.4. The fraction of sp³-hybridized carbons (Fsp3) is 0.750. The Morgan fingerprint density at radius 1 is 1.19 bits per heavy atom. The molecule has 21 heavy (non-hydrogen) atoms. The lowest BCUT2D eigenvalue weighted by molar-refractivity contribution is -0.143. The van der Waals surface area contributed by atoms with Crippen molar-refractivity contribution in [3.63, 3.8) is 0 Å². The van der Waals surface area contributed by atoms with Gasteiger partial charge in [-0.15, -0.1) is 0 Å². The Hall–Kier alpha value is -1.87. The molecule has 0 aromatic heterocycles. The third kappa shape index (κ3) is 7.47. The van der Waals surface area contributed by atoms with Gasteiger partial charge < -0.3 is 30.7 Å². The van der Waals surface area contributed by atoms with Gasteiger partial charge in [0, 0.05) is 0 Å². The van der Waals surface area contributed by atoms with Crippen molar-refractivity contribution in [2.45, 2.75) is 51.5 Å². The predicted molar refractivity (Wildman–Crippen MR) is 71.5 cm³/mol. The number of alkyl carbamates (subject to hydrolysis) is 1. The van der Waals surface area contributed by atoms with Gasteiger partial charge in [0.1, 0.15) is 17.7 Å². The van der Waals surface area contributed by atoms with Crippen LogP contribution in [0.2, 0.25) is 0 Å². The zero-order valence-electron chi connectivity index (χ0n) is 12.4. The highest BCUT2D eigenvalue weighted by atomic mass is 16.6. The molecule has 0 heterocycles. The van der Waals surface area contributed by atoms with Gasteiger partial charge in [-0.2, -0.15) is 0 Å². The number of carboxylic acids is 1. The topological polar surface area (TPSA) is 145 Å². The molecule has 0 saturated carbocycles. The van der Waals surface area contributed by atoms with Gasteiger partial charge in [0.2, 0.25) is 5.91 Å². The van der Waals surface area contributed by atoms with Crippen LogP contribution in [0.1, 0.15) is 27.7 Å². The van der Waals surface area contributed by atoms with E-state index in [1.165, 1.54) is 6.92 Å². The largest absolute Gasteiger partial charge is 0.480 e. The molecule has 2 amide bonds. The Morgan fingerprint density at radius 2 is 1.71 bits per heavy atom. The number of nitrogens with one attached hydrogen (secondary N) is 2. The fourth-order valence-electron chi connectivity index (χ4n) is 1.29. The summed E-state index contributed by atoms with van der Waals surface area (Å²) in [5, 5.41) is 31.2. The minimum atomic E-state index is -1.53. The van der Waals surface area contributed by atoms with Gasteiger partial charge in [0.25, 0.3) is 0 Å². The van der Waals surface area contributed by atoms with Crippen LogP contribution in [-0.2, 0) is 14.3 Å². The number of aliphatic hydroxyl groups is 2. The second kappa shape index (κ2) is 7.79. The number of aliphatic carboxylic acids is 1. The summed E-state index contributed by atoms with van der Waals surface area (Å²) in [7, 11) is 0. The molecule has 9 nitrogen and oxygen atoms in total. The van der Waals surface area contributed by atoms with E-state index in [0.717, 1.165) is 0 Å². The molecule has 0 aromatic rings. The molecule has 5 N–H and O–H groups in total. The molecule has 0 rings (SSSR count). The van der Waals surface area contributed by atoms with Gasteiger partial charge in [-0.25, -0.2) is 9.59 Å². The first-order valence-electron chi connectivity index (χ1n) is 6.29. The minimum Gasteiger partial charge on any atom is -0.480 e. The van der Waals surface area contributed by atoms with E-state index in [1.54, 1.807) is 20.8 Å². The van der Waals surface area contributed by atoms with E-state index in [-0.39, 0.29) is 0 Å². The molecule has 0 radical (unpaired) electrons. The van der Waals surface area contributed by atoms with Crippen LogP contribution < -0.4 is 10.6 Å². The van der Waals surface area contributed by atoms with Crippen molar-refractivity contribution in [2.75, 3.05) is 6.61 Å². The summed E-state index contributed by atoms with van der Waals surface area (Å²) in [5.74, 6) is -2.38. The average molecular weight is 306 g/mol. The van der Waals surface area contributed by atoms with Crippen LogP contribution in [0.25, 0.3) is 0 Å². The number of hydrogen-bond donors (Lipinski definition) is 5. The summed E-state index contributed by atoms with van der Waals surface area (Å²) >= 11 is 0. The van der Waals surface area contributed by atoms with Crippen molar-refractivity contribution >= 4 is 18.0 Å². The van der Waals surface area contributed by atoms with E-state index in [9.17, 15) is 19.5 Å². The second-order valence-corrected chi connectivity index (χ2v) is 5.45. The molecule has 0 aliphatic heterocycles. The Bertz CT molecular complexity index is 390. The maximum Gasteiger partial charge on any atom is 0.408 e. The summed E-state index contributed by atoms with van der Waals surface area (Å²) in [5.41, 5.74) is -0.793. The van der Waals surface area contributed by atoms with Crippen molar-refractivity contribution in [2.24, 2.45) is 0 Å². The van der Waals surface area contributed by atoms with Crippen molar-refractivity contribution in [1.29, 1.82) is 0 Å². The standard InChI is InChI=1S/C12H22N2O7/c1-6(16)8(14-11(20)21-12(2,3)4)9(17)13-7(5-15)10(18)19/h6-8,15-16H,5H2,1-4H3,(H,13,17)(H,14,20)(H,18,19)/t6-,7+,8+/m1/s1. The number of aliphatic hydroxyl groups excluding tert-OH is 2. The molecule has 0 saturated heterocycles. The molecule has 0 bridgehead atoms. The van der Waals surface area contributed by atoms with Crippen molar-refractivity contribution in [3.8, 4) is 0 Å². The maximum absolute atomic E-state index is 11.8. The fourth-order valence-corrected chi connectivity index (χ4v) is 1.29. The van der Waals surface area contributed by atoms with E-state index in [1.807, 2.05) is 5.32 Å². The molecule has 9 heteroatoms. The molecule has 122 valence electrons. The number of hydrogen-bond acceptors (Lipinski definition) is 6. The van der Waals surface area contributed by atoms with Gasteiger partial charge >= 0.3 is 12.1 Å². The van der Waals surface area contributed by atoms with Crippen LogP contribution in [0.3, 0.4) is 0 Å². The highest BCUT2D eigenvalue weighted by Gasteiger charge is 2.30. The van der Waals surface area contributed by atoms with E-state index >= 15 is 0 Å². The molecule has 0 unspecified atom stereocenters. The van der Waals surface area contributed by atoms with E-state index in [4.69, 9.17) is 14.9 Å². The van der Waals surface area contributed by atoms with Gasteiger partial charge in [0.05, 0.1) is 12.7 Å². The maximum atomic E-state index is 11.8. The number of amides is 2. The van der Waals surface area contributed by atoms with E-state index in [0.29, 0.717) is 0 Å². The lowest BCUT2D eigenvalue weighted by atomic mass is 10.1. The molecule has 0 aliphatic rings. The number of rotatable bonds is 6. The smallest absolute Gasteiger partial charge is 0.408 e. The van der Waals surface area contributed by atoms with E-state index in [2.05, 4.69) is 5.32 Å². The molecular weight excluding hydrogens is 284 g/mol. The lowest BCUT2D eigenvalue weighted by Gasteiger charge is -2.25. The molecule has 0 spiro atoms. The van der Waals surface area contributed by atoms with E-state index < -0.39 is 48.4 Å². The van der Waals surface area contributed by atoms with Crippen LogP contribution in [0, 0.1) is 0 Å². The Kier molecular flexibility index (Phi) is 7.10. The Balaban J connectivity index is 4.79. The number of carbonyl (C=O) groups is 3. The normalized spacial score (nSPS) is 15.5. The van der Waals surface area contributed by atoms with Gasteiger partial charge in [-0.05, 0) is 27.7 Å². The SMILES string of the molecule is C[C@@H](O)[C@H](NC(=O)OC(C)(C)C)C(=O)N[C@@H](CO)C(=O)O. The molecule has 0 fully saturated rings. The predicted octanol–water partition coefficient (Wildman–Crippen LogP) is -1.18. The first kappa shape index (κ1) is 19.1. The van der Waals surface area contributed by atoms with Crippen LogP contribution in [0.5, 0.6) is 0 Å². The average Bonchev–Trinajstić information content (AvgIpc) is 2.29. The molecule has 3 atom stereocenters. The van der Waals surface area contributed by atoms with Crippen LogP contribution in [0.4, 0.5) is 4.79 Å². The van der Waals surface area contributed by atoms with Gasteiger partial charge in [0.15, 0.2) is 0 Å². The number of carbonyl (C=O) groups excluding carboxylic acids is 2. The number of ether oxygens (including phenoxy) is 1. The first-order chi connectivity index (χ1) is 9.47. The van der Waals surface area contributed by atoms with Crippen LogP contribution >= 0.6 is 0 Å². The summed E-state index contributed by atoms with van der Waals surface area (Å²) in [6, 6.07) is -2.94. The summed E-state index contributed by atoms with van der Waals surface area (Å²) in [6.07, 6.45) is -2.22. The minimum absolute atomic E-state index is 0.793. The Morgan fingerprint density at radius 3 is 2.05 bits per heavy atom. The Labute approximate surface area is 122 Å². The highest BCUT2D eigenvalue weighted by Crippen LogP contribution is 2.07. The zero-order chi connectivity index (χ0) is 16.8. The van der Waals surface area contributed by atoms with Gasteiger partial charge in [-0.3, -0.25) is 4.79 Å². The monoisotopic (exact) mass is 306 g/mol. The second-order valence-electron chi connectivity index (χ2n) is 5.45. The van der Waals surface area contributed by atoms with Crippen molar-refractivity contribution < 1.29 is 34.4 Å². The third-order valence-corrected chi connectivity index (χ3v) is 2.23. The molecular formula is C12H22N2O7. The number of carboxylic acid groups (broad SMARTS) is 1. The van der Waals surface area contributed by atoms with Crippen molar-refractivity contribution in [3.05, 3.63) is 0 Å². The quantitative estimate of drug-likeness (QED) is 0.415. The van der Waals surface area contributed by atoms with Crippen LogP contribution in [-0.4, -0.2) is 63.7 Å². The van der Waals surface area contributed by atoms with Crippen molar-refractivity contribution in [1.82, 2.24) is 10.6 Å². The summed E-state index contributed by atoms with van der Waals surface area (Å²) in [4.78, 5) is 34.1. The molecule has 0 aromatic carbocycles. The van der Waals surface area contributed by atoms with Crippen LogP contribution in [0.15, 0.2) is 0 Å².